The average molecular weight is 201 g/mol. The van der Waals surface area contributed by atoms with E-state index in [2.05, 4.69) is 0 Å². The van der Waals surface area contributed by atoms with E-state index in [4.69, 9.17) is 0 Å². The molecule has 0 aliphatic heterocycles. The van der Waals surface area contributed by atoms with Crippen LogP contribution in [-0.2, 0) is 12.8 Å². The minimum Gasteiger partial charge on any atom is -0.501 e. The van der Waals surface area contributed by atoms with E-state index in [0.29, 0.717) is 22.6 Å². The fourth-order valence-corrected chi connectivity index (χ4v) is 2.22. The van der Waals surface area contributed by atoms with Crippen molar-refractivity contribution in [2.75, 3.05) is 0 Å². The van der Waals surface area contributed by atoms with Crippen molar-refractivity contribution in [2.45, 2.75) is 26.7 Å². The molecule has 0 radical (unpaired) electrons. The van der Waals surface area contributed by atoms with Crippen LogP contribution in [0.25, 0.3) is 0 Å². The van der Waals surface area contributed by atoms with E-state index in [9.17, 15) is 15.2 Å². The van der Waals surface area contributed by atoms with E-state index in [0.717, 1.165) is 0 Å². The van der Waals surface area contributed by atoms with E-state index in [-0.39, 0.29) is 11.4 Å². The molecule has 1 aromatic rings. The summed E-state index contributed by atoms with van der Waals surface area (Å²) in [6.45, 7) is 3.71. The van der Waals surface area contributed by atoms with E-state index < -0.39 is 4.92 Å². The lowest BCUT2D eigenvalue weighted by Crippen LogP contribution is -1.89. The van der Waals surface area contributed by atoms with Crippen LogP contribution >= 0.6 is 11.3 Å². The Morgan fingerprint density at radius 3 is 2.23 bits per heavy atom. The van der Waals surface area contributed by atoms with Crippen LogP contribution in [-0.4, -0.2) is 10.0 Å². The second kappa shape index (κ2) is 3.74. The van der Waals surface area contributed by atoms with Gasteiger partial charge in [-0.2, -0.15) is 0 Å². The number of nitrogens with zero attached hydrogens (tertiary/aromatic N) is 1. The van der Waals surface area contributed by atoms with Gasteiger partial charge in [0, 0.05) is 0 Å². The largest absolute Gasteiger partial charge is 0.501 e. The van der Waals surface area contributed by atoms with Crippen LogP contribution in [0, 0.1) is 10.1 Å². The van der Waals surface area contributed by atoms with Crippen molar-refractivity contribution in [1.82, 2.24) is 0 Å². The number of nitro groups is 1. The highest BCUT2D eigenvalue weighted by atomic mass is 32.1. The number of aromatic hydroxyl groups is 1. The lowest BCUT2D eigenvalue weighted by molar-refractivity contribution is -0.386. The van der Waals surface area contributed by atoms with Gasteiger partial charge in [0.15, 0.2) is 0 Å². The zero-order valence-electron chi connectivity index (χ0n) is 7.53. The summed E-state index contributed by atoms with van der Waals surface area (Å²) < 4.78 is 0. The summed E-state index contributed by atoms with van der Waals surface area (Å²) in [5.74, 6) is -0.144. The molecule has 1 rings (SSSR count). The highest BCUT2D eigenvalue weighted by molar-refractivity contribution is 7.12. The number of thiophene rings is 1. The van der Waals surface area contributed by atoms with Gasteiger partial charge in [-0.25, -0.2) is 0 Å². The monoisotopic (exact) mass is 201 g/mol. The van der Waals surface area contributed by atoms with Gasteiger partial charge in [0.1, 0.15) is 0 Å². The molecule has 5 heteroatoms. The maximum absolute atomic E-state index is 10.6. The molecule has 0 fully saturated rings. The first-order valence-electron chi connectivity index (χ1n) is 4.09. The molecule has 0 bridgehead atoms. The number of aryl methyl sites for hydroxylation is 2. The van der Waals surface area contributed by atoms with Gasteiger partial charge in [0.05, 0.1) is 14.7 Å². The Labute approximate surface area is 80.0 Å². The fourth-order valence-electron chi connectivity index (χ4n) is 1.18. The Balaban J connectivity index is 3.28. The second-order valence-corrected chi connectivity index (χ2v) is 3.80. The SMILES string of the molecule is CCc1sc(CC)c([N+](=O)[O-])c1O. The molecule has 0 amide bonds. The first-order chi connectivity index (χ1) is 6.11. The van der Waals surface area contributed by atoms with E-state index in [1.165, 1.54) is 11.3 Å². The Kier molecular flexibility index (Phi) is 2.87. The Morgan fingerprint density at radius 1 is 1.38 bits per heavy atom. The first-order valence-corrected chi connectivity index (χ1v) is 4.91. The molecule has 0 saturated heterocycles. The van der Waals surface area contributed by atoms with Crippen molar-refractivity contribution in [3.63, 3.8) is 0 Å². The predicted molar refractivity (Wildman–Crippen MR) is 51.4 cm³/mol. The molecule has 0 aliphatic rings. The summed E-state index contributed by atoms with van der Waals surface area (Å²) in [7, 11) is 0. The molecule has 1 aromatic heterocycles. The van der Waals surface area contributed by atoms with Crippen molar-refractivity contribution in [2.24, 2.45) is 0 Å². The molecule has 4 nitrogen and oxygen atoms in total. The summed E-state index contributed by atoms with van der Waals surface area (Å²) in [6, 6.07) is 0. The summed E-state index contributed by atoms with van der Waals surface area (Å²) in [5, 5.41) is 20.1. The molecule has 1 N–H and O–H groups in total. The topological polar surface area (TPSA) is 63.4 Å². The van der Waals surface area contributed by atoms with Crippen molar-refractivity contribution in [1.29, 1.82) is 0 Å². The van der Waals surface area contributed by atoms with Crippen LogP contribution in [0.15, 0.2) is 0 Å². The Bertz CT molecular complexity index is 332. The van der Waals surface area contributed by atoms with Gasteiger partial charge < -0.3 is 5.11 Å². The van der Waals surface area contributed by atoms with Gasteiger partial charge in [0.2, 0.25) is 5.75 Å². The number of rotatable bonds is 3. The third-order valence-electron chi connectivity index (χ3n) is 1.82. The molecule has 0 unspecified atom stereocenters. The van der Waals surface area contributed by atoms with Crippen LogP contribution < -0.4 is 0 Å². The molecule has 1 heterocycles. The highest BCUT2D eigenvalue weighted by Crippen LogP contribution is 2.41. The number of hydrogen-bond donors (Lipinski definition) is 1. The van der Waals surface area contributed by atoms with Crippen LogP contribution in [0.2, 0.25) is 0 Å². The molecule has 72 valence electrons. The summed E-state index contributed by atoms with van der Waals surface area (Å²) in [6.07, 6.45) is 1.23. The van der Waals surface area contributed by atoms with Crippen molar-refractivity contribution in [3.8, 4) is 5.75 Å². The van der Waals surface area contributed by atoms with Crippen molar-refractivity contribution in [3.05, 3.63) is 19.9 Å². The fraction of sp³-hybridized carbons (Fsp3) is 0.500. The zero-order valence-corrected chi connectivity index (χ0v) is 8.35. The van der Waals surface area contributed by atoms with Gasteiger partial charge in [-0.05, 0) is 12.8 Å². The smallest absolute Gasteiger partial charge is 0.324 e. The summed E-state index contributed by atoms with van der Waals surface area (Å²) >= 11 is 1.32. The van der Waals surface area contributed by atoms with Gasteiger partial charge >= 0.3 is 5.69 Å². The normalized spacial score (nSPS) is 10.3. The molecular formula is C8H11NO3S. The second-order valence-electron chi connectivity index (χ2n) is 2.61. The zero-order chi connectivity index (χ0) is 10.0. The quantitative estimate of drug-likeness (QED) is 0.603. The molecule has 0 saturated carbocycles. The maximum Gasteiger partial charge on any atom is 0.324 e. The maximum atomic E-state index is 10.6. The molecule has 0 atom stereocenters. The molecular weight excluding hydrogens is 190 g/mol. The first kappa shape index (κ1) is 9.98. The van der Waals surface area contributed by atoms with Crippen LogP contribution in [0.4, 0.5) is 5.69 Å². The van der Waals surface area contributed by atoms with Crippen LogP contribution in [0.3, 0.4) is 0 Å². The highest BCUT2D eigenvalue weighted by Gasteiger charge is 2.24. The Hall–Kier alpha value is -1.10. The van der Waals surface area contributed by atoms with E-state index >= 15 is 0 Å². The van der Waals surface area contributed by atoms with Gasteiger partial charge in [-0.3, -0.25) is 10.1 Å². The summed E-state index contributed by atoms with van der Waals surface area (Å²) in [5.41, 5.74) is -0.107. The molecule has 0 spiro atoms. The minimum atomic E-state index is -0.510. The molecule has 13 heavy (non-hydrogen) atoms. The van der Waals surface area contributed by atoms with Crippen LogP contribution in [0.5, 0.6) is 5.75 Å². The van der Waals surface area contributed by atoms with Crippen molar-refractivity contribution < 1.29 is 10.0 Å². The van der Waals surface area contributed by atoms with E-state index in [1.807, 2.05) is 13.8 Å². The van der Waals surface area contributed by atoms with Crippen molar-refractivity contribution >= 4 is 17.0 Å². The summed E-state index contributed by atoms with van der Waals surface area (Å²) in [4.78, 5) is 11.4. The standard InChI is InChI=1S/C8H11NO3S/c1-3-5-7(9(11)12)8(10)6(4-2)13-5/h10H,3-4H2,1-2H3. The third-order valence-corrected chi connectivity index (χ3v) is 3.28. The van der Waals surface area contributed by atoms with E-state index in [1.54, 1.807) is 0 Å². The lowest BCUT2D eigenvalue weighted by Gasteiger charge is -1.91. The lowest BCUT2D eigenvalue weighted by atomic mass is 10.2. The van der Waals surface area contributed by atoms with Gasteiger partial charge in [-0.15, -0.1) is 11.3 Å². The van der Waals surface area contributed by atoms with Crippen LogP contribution in [0.1, 0.15) is 23.6 Å². The average Bonchev–Trinajstić information content (AvgIpc) is 2.41. The molecule has 0 aliphatic carbocycles. The van der Waals surface area contributed by atoms with Gasteiger partial charge in [-0.1, -0.05) is 13.8 Å². The minimum absolute atomic E-state index is 0.107. The van der Waals surface area contributed by atoms with Gasteiger partial charge in [0.25, 0.3) is 0 Å². The molecule has 0 aromatic carbocycles. The Morgan fingerprint density at radius 2 is 1.92 bits per heavy atom. The predicted octanol–water partition coefficient (Wildman–Crippen LogP) is 2.49. The third kappa shape index (κ3) is 1.65. The number of hydrogen-bond acceptors (Lipinski definition) is 4.